The SMILES string of the molecule is COc1ccc(N2CCN(CC(=O)Nc3cc(C)ccc3C)C2=O)cc1. The highest BCUT2D eigenvalue weighted by atomic mass is 16.5. The van der Waals surface area contributed by atoms with Gasteiger partial charge in [0, 0.05) is 24.5 Å². The van der Waals surface area contributed by atoms with Crippen molar-refractivity contribution in [2.24, 2.45) is 0 Å². The largest absolute Gasteiger partial charge is 0.497 e. The van der Waals surface area contributed by atoms with Gasteiger partial charge in [0.2, 0.25) is 5.91 Å². The summed E-state index contributed by atoms with van der Waals surface area (Å²) in [7, 11) is 1.60. The zero-order valence-electron chi connectivity index (χ0n) is 15.3. The molecule has 3 amide bonds. The van der Waals surface area contributed by atoms with Crippen molar-refractivity contribution in [3.05, 3.63) is 53.6 Å². The predicted molar refractivity (Wildman–Crippen MR) is 102 cm³/mol. The third-order valence-electron chi connectivity index (χ3n) is 4.48. The maximum atomic E-state index is 12.6. The first-order valence-corrected chi connectivity index (χ1v) is 8.55. The summed E-state index contributed by atoms with van der Waals surface area (Å²) in [6, 6.07) is 13.1. The zero-order chi connectivity index (χ0) is 18.7. The van der Waals surface area contributed by atoms with Gasteiger partial charge in [-0.05, 0) is 55.3 Å². The van der Waals surface area contributed by atoms with Gasteiger partial charge in [0.1, 0.15) is 12.3 Å². The second-order valence-electron chi connectivity index (χ2n) is 6.42. The smallest absolute Gasteiger partial charge is 0.325 e. The highest BCUT2D eigenvalue weighted by molar-refractivity contribution is 5.99. The van der Waals surface area contributed by atoms with Crippen LogP contribution in [0.4, 0.5) is 16.2 Å². The standard InChI is InChI=1S/C20H23N3O3/c1-14-4-5-15(2)18(12-14)21-19(24)13-22-10-11-23(20(22)25)16-6-8-17(26-3)9-7-16/h4-9,12H,10-11,13H2,1-3H3,(H,21,24). The van der Waals surface area contributed by atoms with Crippen molar-refractivity contribution in [2.75, 3.05) is 37.0 Å². The molecule has 0 radical (unpaired) electrons. The summed E-state index contributed by atoms with van der Waals surface area (Å²) in [6.45, 7) is 5.04. The number of amides is 3. The van der Waals surface area contributed by atoms with Crippen molar-refractivity contribution in [3.63, 3.8) is 0 Å². The Hall–Kier alpha value is -3.02. The molecule has 1 saturated heterocycles. The van der Waals surface area contributed by atoms with Gasteiger partial charge in [0.15, 0.2) is 0 Å². The third-order valence-corrected chi connectivity index (χ3v) is 4.48. The fraction of sp³-hybridized carbons (Fsp3) is 0.300. The van der Waals surface area contributed by atoms with Crippen LogP contribution in [0, 0.1) is 13.8 Å². The van der Waals surface area contributed by atoms with E-state index < -0.39 is 0 Å². The number of methoxy groups -OCH3 is 1. The quantitative estimate of drug-likeness (QED) is 0.898. The monoisotopic (exact) mass is 353 g/mol. The van der Waals surface area contributed by atoms with Crippen molar-refractivity contribution >= 4 is 23.3 Å². The third kappa shape index (κ3) is 3.79. The first kappa shape index (κ1) is 17.8. The number of anilines is 2. The summed E-state index contributed by atoms with van der Waals surface area (Å²) in [5.41, 5.74) is 3.66. The van der Waals surface area contributed by atoms with Gasteiger partial charge in [-0.1, -0.05) is 12.1 Å². The van der Waals surface area contributed by atoms with Crippen LogP contribution in [0.25, 0.3) is 0 Å². The van der Waals surface area contributed by atoms with Crippen molar-refractivity contribution in [1.82, 2.24) is 4.90 Å². The first-order valence-electron chi connectivity index (χ1n) is 8.55. The van der Waals surface area contributed by atoms with E-state index in [2.05, 4.69) is 5.32 Å². The Balaban J connectivity index is 1.62. The van der Waals surface area contributed by atoms with Crippen molar-refractivity contribution in [3.8, 4) is 5.75 Å². The van der Waals surface area contributed by atoms with Gasteiger partial charge in [-0.25, -0.2) is 4.79 Å². The highest BCUT2D eigenvalue weighted by Gasteiger charge is 2.30. The van der Waals surface area contributed by atoms with E-state index in [1.54, 1.807) is 16.9 Å². The molecular formula is C20H23N3O3. The molecule has 0 aliphatic carbocycles. The van der Waals surface area contributed by atoms with Crippen molar-refractivity contribution in [2.45, 2.75) is 13.8 Å². The second kappa shape index (κ2) is 7.47. The topological polar surface area (TPSA) is 61.9 Å². The lowest BCUT2D eigenvalue weighted by molar-refractivity contribution is -0.116. The Kier molecular flexibility index (Phi) is 5.11. The Morgan fingerprint density at radius 2 is 1.85 bits per heavy atom. The molecule has 0 saturated carbocycles. The van der Waals surface area contributed by atoms with E-state index in [1.807, 2.05) is 56.3 Å². The first-order chi connectivity index (χ1) is 12.5. The summed E-state index contributed by atoms with van der Waals surface area (Å²) in [5, 5.41) is 2.90. The summed E-state index contributed by atoms with van der Waals surface area (Å²) in [6.07, 6.45) is 0. The van der Waals surface area contributed by atoms with Crippen molar-refractivity contribution < 1.29 is 14.3 Å². The van der Waals surface area contributed by atoms with Crippen LogP contribution in [0.15, 0.2) is 42.5 Å². The van der Waals surface area contributed by atoms with Crippen LogP contribution in [0.5, 0.6) is 5.75 Å². The molecule has 6 heteroatoms. The Bertz CT molecular complexity index is 818. The van der Waals surface area contributed by atoms with Crippen LogP contribution in [-0.4, -0.2) is 43.6 Å². The number of ether oxygens (including phenoxy) is 1. The normalized spacial score (nSPS) is 13.9. The highest BCUT2D eigenvalue weighted by Crippen LogP contribution is 2.23. The van der Waals surface area contributed by atoms with E-state index in [-0.39, 0.29) is 18.5 Å². The predicted octanol–water partition coefficient (Wildman–Crippen LogP) is 3.19. The number of nitrogens with zero attached hydrogens (tertiary/aromatic N) is 2. The summed E-state index contributed by atoms with van der Waals surface area (Å²) < 4.78 is 5.14. The zero-order valence-corrected chi connectivity index (χ0v) is 15.3. The molecule has 26 heavy (non-hydrogen) atoms. The Morgan fingerprint density at radius 1 is 1.12 bits per heavy atom. The van der Waals surface area contributed by atoms with Crippen LogP contribution >= 0.6 is 0 Å². The van der Waals surface area contributed by atoms with E-state index in [4.69, 9.17) is 4.74 Å². The van der Waals surface area contributed by atoms with Crippen molar-refractivity contribution in [1.29, 1.82) is 0 Å². The van der Waals surface area contributed by atoms with Gasteiger partial charge < -0.3 is 15.0 Å². The van der Waals surface area contributed by atoms with Crippen LogP contribution in [-0.2, 0) is 4.79 Å². The fourth-order valence-corrected chi connectivity index (χ4v) is 2.96. The number of hydrogen-bond donors (Lipinski definition) is 1. The lowest BCUT2D eigenvalue weighted by Gasteiger charge is -2.19. The molecule has 136 valence electrons. The number of aryl methyl sites for hydroxylation is 2. The summed E-state index contributed by atoms with van der Waals surface area (Å²) >= 11 is 0. The van der Waals surface area contributed by atoms with E-state index >= 15 is 0 Å². The number of rotatable bonds is 5. The lowest BCUT2D eigenvalue weighted by Crippen LogP contribution is -2.37. The number of carbonyl (C=O) groups is 2. The Morgan fingerprint density at radius 3 is 2.54 bits per heavy atom. The lowest BCUT2D eigenvalue weighted by atomic mass is 10.1. The molecule has 2 aromatic rings. The van der Waals surface area contributed by atoms with E-state index in [1.165, 1.54) is 0 Å². The molecule has 1 fully saturated rings. The fourth-order valence-electron chi connectivity index (χ4n) is 2.96. The van der Waals surface area contributed by atoms with Crippen LogP contribution in [0.3, 0.4) is 0 Å². The molecule has 1 aliphatic rings. The number of hydrogen-bond acceptors (Lipinski definition) is 3. The molecule has 1 heterocycles. The van der Waals surface area contributed by atoms with Gasteiger partial charge in [-0.2, -0.15) is 0 Å². The van der Waals surface area contributed by atoms with Gasteiger partial charge in [0.25, 0.3) is 0 Å². The average molecular weight is 353 g/mol. The Labute approximate surface area is 153 Å². The van der Waals surface area contributed by atoms with Crippen LogP contribution in [0.1, 0.15) is 11.1 Å². The number of benzene rings is 2. The maximum absolute atomic E-state index is 12.6. The average Bonchev–Trinajstić information content (AvgIpc) is 2.99. The van der Waals surface area contributed by atoms with E-state index in [0.717, 1.165) is 28.3 Å². The summed E-state index contributed by atoms with van der Waals surface area (Å²) in [4.78, 5) is 28.2. The van der Waals surface area contributed by atoms with E-state index in [0.29, 0.717) is 13.1 Å². The molecule has 1 N–H and O–H groups in total. The minimum atomic E-state index is -0.191. The molecule has 6 nitrogen and oxygen atoms in total. The molecule has 3 rings (SSSR count). The molecule has 0 aromatic heterocycles. The number of nitrogens with one attached hydrogen (secondary N) is 1. The second-order valence-corrected chi connectivity index (χ2v) is 6.42. The molecule has 0 spiro atoms. The van der Waals surface area contributed by atoms with Gasteiger partial charge in [-0.3, -0.25) is 9.69 Å². The van der Waals surface area contributed by atoms with Gasteiger partial charge in [0.05, 0.1) is 7.11 Å². The molecule has 1 aliphatic heterocycles. The number of carbonyl (C=O) groups excluding carboxylic acids is 2. The summed E-state index contributed by atoms with van der Waals surface area (Å²) in [5.74, 6) is 0.550. The van der Waals surface area contributed by atoms with Gasteiger partial charge in [-0.15, -0.1) is 0 Å². The molecule has 2 aromatic carbocycles. The minimum absolute atomic E-state index is 0.0405. The molecule has 0 atom stereocenters. The van der Waals surface area contributed by atoms with Crippen LogP contribution in [0.2, 0.25) is 0 Å². The maximum Gasteiger partial charge on any atom is 0.325 e. The minimum Gasteiger partial charge on any atom is -0.497 e. The van der Waals surface area contributed by atoms with Crippen LogP contribution < -0.4 is 15.0 Å². The van der Waals surface area contributed by atoms with Gasteiger partial charge >= 0.3 is 6.03 Å². The molecular weight excluding hydrogens is 330 g/mol. The van der Waals surface area contributed by atoms with E-state index in [9.17, 15) is 9.59 Å². The number of urea groups is 1. The molecule has 0 unspecified atom stereocenters. The molecule has 0 bridgehead atoms.